The van der Waals surface area contributed by atoms with Crippen molar-refractivity contribution in [3.8, 4) is 11.4 Å². The van der Waals surface area contributed by atoms with Crippen molar-refractivity contribution in [1.29, 1.82) is 0 Å². The molecule has 2 amide bonds. The maximum atomic E-state index is 12.5. The zero-order chi connectivity index (χ0) is 24.6. The molecule has 3 aromatic carbocycles. The summed E-state index contributed by atoms with van der Waals surface area (Å²) >= 11 is 0. The van der Waals surface area contributed by atoms with Gasteiger partial charge in [-0.1, -0.05) is 73.6 Å². The van der Waals surface area contributed by atoms with Gasteiger partial charge in [0.1, 0.15) is 0 Å². The van der Waals surface area contributed by atoms with Gasteiger partial charge in [0.05, 0.1) is 0 Å². The highest BCUT2D eigenvalue weighted by atomic mass is 16.5. The average Bonchev–Trinajstić information content (AvgIpc) is 3.36. The summed E-state index contributed by atoms with van der Waals surface area (Å²) in [6.07, 6.45) is 0.574. The van der Waals surface area contributed by atoms with E-state index in [4.69, 9.17) is 4.52 Å². The summed E-state index contributed by atoms with van der Waals surface area (Å²) in [5.41, 5.74) is 4.22. The van der Waals surface area contributed by atoms with Crippen molar-refractivity contribution in [1.82, 2.24) is 15.5 Å². The third kappa shape index (κ3) is 6.63. The molecule has 0 unspecified atom stereocenters. The summed E-state index contributed by atoms with van der Waals surface area (Å²) in [6, 6.07) is 24.5. The standard InChI is InChI=1S/C28H28N4O3/c1-19(2)21-11-13-22(14-12-21)27-31-26(35-32-27)16-15-25(33)29-18-20-7-6-8-23(17-20)28(34)30-24-9-4-3-5-10-24/h3-14,17,19H,15-16,18H2,1-2H3,(H,29,33)(H,30,34). The summed E-state index contributed by atoms with van der Waals surface area (Å²) < 4.78 is 5.32. The first-order valence-corrected chi connectivity index (χ1v) is 11.6. The Morgan fingerprint density at radius 3 is 2.46 bits per heavy atom. The molecule has 4 aromatic rings. The normalized spacial score (nSPS) is 10.8. The van der Waals surface area contributed by atoms with E-state index in [2.05, 4.69) is 46.8 Å². The van der Waals surface area contributed by atoms with E-state index in [1.54, 1.807) is 18.2 Å². The Bertz CT molecular complexity index is 1280. The van der Waals surface area contributed by atoms with Crippen molar-refractivity contribution in [3.05, 3.63) is 101 Å². The Morgan fingerprint density at radius 1 is 0.943 bits per heavy atom. The molecule has 0 saturated heterocycles. The van der Waals surface area contributed by atoms with Crippen LogP contribution >= 0.6 is 0 Å². The Hall–Kier alpha value is -4.26. The number of amides is 2. The minimum absolute atomic E-state index is 0.134. The SMILES string of the molecule is CC(C)c1ccc(-c2noc(CCC(=O)NCc3cccc(C(=O)Nc4ccccc4)c3)n2)cc1. The van der Waals surface area contributed by atoms with Gasteiger partial charge in [-0.05, 0) is 41.3 Å². The monoisotopic (exact) mass is 468 g/mol. The first kappa shape index (κ1) is 23.9. The maximum absolute atomic E-state index is 12.5. The van der Waals surface area contributed by atoms with Crippen LogP contribution in [0.5, 0.6) is 0 Å². The molecule has 2 N–H and O–H groups in total. The first-order valence-electron chi connectivity index (χ1n) is 11.6. The van der Waals surface area contributed by atoms with Gasteiger partial charge in [0.15, 0.2) is 0 Å². The highest BCUT2D eigenvalue weighted by Gasteiger charge is 2.12. The van der Waals surface area contributed by atoms with Crippen LogP contribution < -0.4 is 10.6 Å². The van der Waals surface area contributed by atoms with Crippen LogP contribution in [0.2, 0.25) is 0 Å². The van der Waals surface area contributed by atoms with Crippen molar-refractivity contribution < 1.29 is 14.1 Å². The molecule has 0 aliphatic rings. The van der Waals surface area contributed by atoms with Gasteiger partial charge in [-0.2, -0.15) is 4.98 Å². The molecule has 0 aliphatic carbocycles. The highest BCUT2D eigenvalue weighted by Crippen LogP contribution is 2.21. The van der Waals surface area contributed by atoms with Crippen molar-refractivity contribution in [2.24, 2.45) is 0 Å². The molecule has 0 bridgehead atoms. The van der Waals surface area contributed by atoms with Gasteiger partial charge in [-0.3, -0.25) is 9.59 Å². The minimum Gasteiger partial charge on any atom is -0.352 e. The number of benzene rings is 3. The molecule has 4 rings (SSSR count). The van der Waals surface area contributed by atoms with Crippen LogP contribution in [0, 0.1) is 0 Å². The predicted molar refractivity (Wildman–Crippen MR) is 135 cm³/mol. The number of carbonyl (C=O) groups excluding carboxylic acids is 2. The van der Waals surface area contributed by atoms with Crippen LogP contribution in [0.4, 0.5) is 5.69 Å². The second-order valence-electron chi connectivity index (χ2n) is 8.59. The fraction of sp³-hybridized carbons (Fsp3) is 0.214. The van der Waals surface area contributed by atoms with Gasteiger partial charge in [-0.25, -0.2) is 0 Å². The number of hydrogen-bond acceptors (Lipinski definition) is 5. The second kappa shape index (κ2) is 11.2. The van der Waals surface area contributed by atoms with Crippen LogP contribution in [0.25, 0.3) is 11.4 Å². The van der Waals surface area contributed by atoms with Crippen molar-refractivity contribution in [2.45, 2.75) is 39.2 Å². The van der Waals surface area contributed by atoms with Gasteiger partial charge in [-0.15, -0.1) is 0 Å². The van der Waals surface area contributed by atoms with E-state index in [0.29, 0.717) is 36.2 Å². The molecule has 0 atom stereocenters. The van der Waals surface area contributed by atoms with Crippen LogP contribution in [0.15, 0.2) is 83.4 Å². The van der Waals surface area contributed by atoms with Crippen molar-refractivity contribution in [2.75, 3.05) is 5.32 Å². The Morgan fingerprint density at radius 2 is 1.71 bits per heavy atom. The van der Waals surface area contributed by atoms with Crippen molar-refractivity contribution >= 4 is 17.5 Å². The number of para-hydroxylation sites is 1. The largest absolute Gasteiger partial charge is 0.352 e. The van der Waals surface area contributed by atoms with E-state index >= 15 is 0 Å². The smallest absolute Gasteiger partial charge is 0.255 e. The number of aryl methyl sites for hydroxylation is 1. The quantitative estimate of drug-likeness (QED) is 0.345. The van der Waals surface area contributed by atoms with Gasteiger partial charge in [0.25, 0.3) is 5.91 Å². The minimum atomic E-state index is -0.199. The van der Waals surface area contributed by atoms with Gasteiger partial charge < -0.3 is 15.2 Å². The van der Waals surface area contributed by atoms with Gasteiger partial charge in [0.2, 0.25) is 17.6 Å². The zero-order valence-corrected chi connectivity index (χ0v) is 19.8. The lowest BCUT2D eigenvalue weighted by atomic mass is 10.0. The molecule has 7 nitrogen and oxygen atoms in total. The summed E-state index contributed by atoms with van der Waals surface area (Å²) in [5.74, 6) is 1.06. The molecule has 0 fully saturated rings. The van der Waals surface area contributed by atoms with E-state index in [0.717, 1.165) is 16.8 Å². The summed E-state index contributed by atoms with van der Waals surface area (Å²) in [4.78, 5) is 29.2. The molecule has 1 heterocycles. The second-order valence-corrected chi connectivity index (χ2v) is 8.59. The van der Waals surface area contributed by atoms with E-state index in [1.807, 2.05) is 48.5 Å². The number of anilines is 1. The first-order chi connectivity index (χ1) is 17.0. The summed E-state index contributed by atoms with van der Waals surface area (Å²) in [7, 11) is 0. The molecule has 1 aromatic heterocycles. The maximum Gasteiger partial charge on any atom is 0.255 e. The lowest BCUT2D eigenvalue weighted by Crippen LogP contribution is -2.23. The fourth-order valence-corrected chi connectivity index (χ4v) is 3.55. The van der Waals surface area contributed by atoms with E-state index < -0.39 is 0 Å². The number of rotatable bonds is 9. The van der Waals surface area contributed by atoms with Crippen molar-refractivity contribution in [3.63, 3.8) is 0 Å². The molecular formula is C28H28N4O3. The van der Waals surface area contributed by atoms with Crippen LogP contribution in [0.3, 0.4) is 0 Å². The number of carbonyl (C=O) groups is 2. The average molecular weight is 469 g/mol. The molecule has 0 aliphatic heterocycles. The lowest BCUT2D eigenvalue weighted by Gasteiger charge is -2.08. The highest BCUT2D eigenvalue weighted by molar-refractivity contribution is 6.04. The molecule has 35 heavy (non-hydrogen) atoms. The van der Waals surface area contributed by atoms with Crippen LogP contribution in [0.1, 0.15) is 53.6 Å². The lowest BCUT2D eigenvalue weighted by molar-refractivity contribution is -0.121. The van der Waals surface area contributed by atoms with E-state index in [9.17, 15) is 9.59 Å². The number of hydrogen-bond donors (Lipinski definition) is 2. The molecule has 0 saturated carbocycles. The number of nitrogens with zero attached hydrogens (tertiary/aromatic N) is 2. The molecule has 0 radical (unpaired) electrons. The van der Waals surface area contributed by atoms with Gasteiger partial charge >= 0.3 is 0 Å². The fourth-order valence-electron chi connectivity index (χ4n) is 3.55. The molecule has 178 valence electrons. The van der Waals surface area contributed by atoms with Crippen LogP contribution in [-0.4, -0.2) is 22.0 Å². The number of aromatic nitrogens is 2. The third-order valence-corrected chi connectivity index (χ3v) is 5.58. The summed E-state index contributed by atoms with van der Waals surface area (Å²) in [5, 5.41) is 9.77. The summed E-state index contributed by atoms with van der Waals surface area (Å²) in [6.45, 7) is 4.61. The Labute approximate surface area is 204 Å². The molecule has 7 heteroatoms. The number of nitrogens with one attached hydrogen (secondary N) is 2. The molecular weight excluding hydrogens is 440 g/mol. The predicted octanol–water partition coefficient (Wildman–Crippen LogP) is 5.36. The van der Waals surface area contributed by atoms with E-state index in [-0.39, 0.29) is 18.2 Å². The van der Waals surface area contributed by atoms with Crippen LogP contribution in [-0.2, 0) is 17.8 Å². The topological polar surface area (TPSA) is 97.1 Å². The van der Waals surface area contributed by atoms with Gasteiger partial charge in [0, 0.05) is 36.2 Å². The Balaban J connectivity index is 1.26. The van der Waals surface area contributed by atoms with E-state index in [1.165, 1.54) is 5.56 Å². The zero-order valence-electron chi connectivity index (χ0n) is 19.8. The molecule has 0 spiro atoms. The third-order valence-electron chi connectivity index (χ3n) is 5.58. The Kier molecular flexibility index (Phi) is 7.67.